The van der Waals surface area contributed by atoms with Gasteiger partial charge >= 0.3 is 11.7 Å². The van der Waals surface area contributed by atoms with Crippen LogP contribution in [0.3, 0.4) is 0 Å². The van der Waals surface area contributed by atoms with E-state index in [1.54, 1.807) is 38.4 Å². The van der Waals surface area contributed by atoms with Crippen LogP contribution in [0.5, 0.6) is 5.75 Å². The van der Waals surface area contributed by atoms with Crippen LogP contribution in [0.2, 0.25) is 0 Å². The second-order valence-electron chi connectivity index (χ2n) is 11.4. The van der Waals surface area contributed by atoms with Gasteiger partial charge in [-0.3, -0.25) is 14.2 Å². The summed E-state index contributed by atoms with van der Waals surface area (Å²) in [6, 6.07) is 12.1. The highest BCUT2D eigenvalue weighted by atomic mass is 32.2. The van der Waals surface area contributed by atoms with Gasteiger partial charge in [-0.1, -0.05) is 18.2 Å². The zero-order valence-electron chi connectivity index (χ0n) is 26.9. The number of aromatic nitrogens is 3. The number of hydrogen-bond donors (Lipinski definition) is 3. The molecular formula is C32H29F2N7O7S2. The predicted molar refractivity (Wildman–Crippen MR) is 183 cm³/mol. The molecule has 0 atom stereocenters. The third-order valence-corrected chi connectivity index (χ3v) is 9.84. The van der Waals surface area contributed by atoms with Crippen LogP contribution in [-0.4, -0.2) is 60.9 Å². The van der Waals surface area contributed by atoms with E-state index < -0.39 is 50.9 Å². The van der Waals surface area contributed by atoms with E-state index in [2.05, 4.69) is 26.1 Å². The first kappa shape index (κ1) is 34.4. The van der Waals surface area contributed by atoms with E-state index in [0.29, 0.717) is 21.7 Å². The van der Waals surface area contributed by atoms with Crippen molar-refractivity contribution in [3.8, 4) is 16.2 Å². The van der Waals surface area contributed by atoms with Crippen LogP contribution in [0.25, 0.3) is 32.6 Å². The zero-order chi connectivity index (χ0) is 35.9. The molecule has 4 heterocycles. The van der Waals surface area contributed by atoms with Gasteiger partial charge in [-0.25, -0.2) is 47.3 Å². The average molecular weight is 726 g/mol. The number of benzene rings is 2. The molecule has 1 aliphatic heterocycles. The topological polar surface area (TPSA) is 166 Å². The fourth-order valence-corrected chi connectivity index (χ4v) is 7.21. The number of amides is 2. The second kappa shape index (κ2) is 13.5. The molecule has 1 aliphatic rings. The number of fused-ring (bicyclic) bond motifs is 2. The third kappa shape index (κ3) is 6.60. The summed E-state index contributed by atoms with van der Waals surface area (Å²) >= 11 is 1.09. The van der Waals surface area contributed by atoms with Crippen molar-refractivity contribution in [3.63, 3.8) is 0 Å². The van der Waals surface area contributed by atoms with Crippen LogP contribution in [0, 0.1) is 11.6 Å². The fraction of sp³-hybridized carbons (Fsp3) is 0.188. The number of sulfone groups is 1. The Balaban J connectivity index is 1.62. The molecule has 260 valence electrons. The van der Waals surface area contributed by atoms with Gasteiger partial charge in [0.2, 0.25) is 0 Å². The third-order valence-electron chi connectivity index (χ3n) is 7.54. The van der Waals surface area contributed by atoms with Gasteiger partial charge in [-0.05, 0) is 61.6 Å². The maximum absolute atomic E-state index is 15.0. The maximum atomic E-state index is 15.0. The van der Waals surface area contributed by atoms with Gasteiger partial charge in [0.15, 0.2) is 26.4 Å². The summed E-state index contributed by atoms with van der Waals surface area (Å²) in [5.74, 6) is -1.85. The summed E-state index contributed by atoms with van der Waals surface area (Å²) in [4.78, 5) is 57.6. The lowest BCUT2D eigenvalue weighted by Gasteiger charge is -2.21. The van der Waals surface area contributed by atoms with Crippen LogP contribution < -0.4 is 32.4 Å². The lowest BCUT2D eigenvalue weighted by molar-refractivity contribution is 0.114. The van der Waals surface area contributed by atoms with Crippen molar-refractivity contribution in [2.75, 3.05) is 32.8 Å². The number of rotatable bonds is 9. The van der Waals surface area contributed by atoms with E-state index in [0.717, 1.165) is 38.9 Å². The minimum absolute atomic E-state index is 0.0205. The Morgan fingerprint density at radius 3 is 2.40 bits per heavy atom. The number of thiophene rings is 1. The molecule has 2 amide bonds. The molecule has 0 saturated heterocycles. The highest BCUT2D eigenvalue weighted by molar-refractivity contribution is 7.90. The standard InChI is InChI=1S/C32H29F2N7O7S2/c1-39(2)15-20-27-29(42)41(25-14-23-24(48-37-25)12-13-26(36-23)50(4,45)46)32(44)40(16-19-21(33)6-5-7-22(19)34)30(27)49-28(20)17-8-10-18(11-9-17)35-31(43)38-47-3/h5-14,37H,15-16H2,1-4H3,(H2,35,38,43). The molecule has 14 nitrogen and oxygen atoms in total. The number of hydrogen-bond acceptors (Lipinski definition) is 11. The molecule has 0 fully saturated rings. The average Bonchev–Trinajstić information content (AvgIpc) is 3.42. The van der Waals surface area contributed by atoms with Crippen molar-refractivity contribution >= 4 is 55.0 Å². The quantitative estimate of drug-likeness (QED) is 0.191. The maximum Gasteiger partial charge on any atom is 0.343 e. The minimum atomic E-state index is -3.72. The van der Waals surface area contributed by atoms with E-state index in [1.807, 2.05) is 4.90 Å². The molecule has 6 rings (SSSR count). The first-order valence-electron chi connectivity index (χ1n) is 14.7. The smallest absolute Gasteiger partial charge is 0.343 e. The number of nitrogens with one attached hydrogen (secondary N) is 3. The monoisotopic (exact) mass is 725 g/mol. The van der Waals surface area contributed by atoms with Crippen LogP contribution in [0.15, 0.2) is 69.2 Å². The number of halogens is 2. The van der Waals surface area contributed by atoms with Crippen LogP contribution in [-0.2, 0) is 27.8 Å². The predicted octanol–water partition coefficient (Wildman–Crippen LogP) is 3.61. The highest BCUT2D eigenvalue weighted by Crippen LogP contribution is 2.38. The molecule has 0 saturated carbocycles. The molecule has 0 bridgehead atoms. The molecule has 0 aliphatic carbocycles. The number of pyridine rings is 1. The Labute approximate surface area is 287 Å². The van der Waals surface area contributed by atoms with Gasteiger partial charge in [0.05, 0.1) is 19.0 Å². The number of anilines is 1. The van der Waals surface area contributed by atoms with Crippen LogP contribution in [0.4, 0.5) is 19.3 Å². The first-order valence-corrected chi connectivity index (χ1v) is 17.4. The lowest BCUT2D eigenvalue weighted by atomic mass is 10.1. The molecular weight excluding hydrogens is 697 g/mol. The summed E-state index contributed by atoms with van der Waals surface area (Å²) in [5, 5.41) is 2.45. The normalized spacial score (nSPS) is 12.7. The van der Waals surface area contributed by atoms with Crippen molar-refractivity contribution in [2.24, 2.45) is 0 Å². The largest absolute Gasteiger partial charge is 0.378 e. The summed E-state index contributed by atoms with van der Waals surface area (Å²) in [7, 11) is 1.16. The van der Waals surface area contributed by atoms with Gasteiger partial charge in [0.1, 0.15) is 22.2 Å². The number of hydroxylamine groups is 2. The zero-order valence-corrected chi connectivity index (χ0v) is 28.5. The van der Waals surface area contributed by atoms with Crippen LogP contribution >= 0.6 is 11.3 Å². The van der Waals surface area contributed by atoms with E-state index >= 15 is 8.78 Å². The van der Waals surface area contributed by atoms with E-state index in [1.165, 1.54) is 31.4 Å². The van der Waals surface area contributed by atoms with Crippen molar-refractivity contribution < 1.29 is 31.7 Å². The highest BCUT2D eigenvalue weighted by Gasteiger charge is 2.28. The van der Waals surface area contributed by atoms with Crippen molar-refractivity contribution in [1.82, 2.24) is 30.0 Å². The van der Waals surface area contributed by atoms with Gasteiger partial charge in [0.25, 0.3) is 5.56 Å². The van der Waals surface area contributed by atoms with Crippen molar-refractivity contribution in [1.29, 1.82) is 0 Å². The molecule has 0 radical (unpaired) electrons. The molecule has 18 heteroatoms. The Morgan fingerprint density at radius 2 is 1.76 bits per heavy atom. The van der Waals surface area contributed by atoms with E-state index in [9.17, 15) is 22.8 Å². The molecule has 0 spiro atoms. The van der Waals surface area contributed by atoms with Gasteiger partial charge < -0.3 is 15.1 Å². The second-order valence-corrected chi connectivity index (χ2v) is 14.4. The van der Waals surface area contributed by atoms with Gasteiger partial charge in [-0.2, -0.15) is 0 Å². The lowest BCUT2D eigenvalue weighted by Crippen LogP contribution is -2.43. The van der Waals surface area contributed by atoms with Crippen molar-refractivity contribution in [3.05, 3.63) is 104 Å². The van der Waals surface area contributed by atoms with E-state index in [-0.39, 0.29) is 39.1 Å². The summed E-state index contributed by atoms with van der Waals surface area (Å²) < 4.78 is 56.3. The number of urea groups is 1. The molecule has 3 aromatic heterocycles. The minimum Gasteiger partial charge on any atom is -0.378 e. The Morgan fingerprint density at radius 1 is 1.06 bits per heavy atom. The van der Waals surface area contributed by atoms with Gasteiger partial charge in [0, 0.05) is 35.0 Å². The Kier molecular flexibility index (Phi) is 9.27. The first-order chi connectivity index (χ1) is 23.8. The molecule has 0 unspecified atom stereocenters. The van der Waals surface area contributed by atoms with Crippen LogP contribution in [0.1, 0.15) is 16.8 Å². The van der Waals surface area contributed by atoms with Gasteiger partial charge in [-0.15, -0.1) is 11.3 Å². The fourth-order valence-electron chi connectivity index (χ4n) is 5.33. The number of carbonyl (C=O) groups is 1. The Hall–Kier alpha value is -5.43. The SMILES string of the molecule is CONC(=O)Nc1ccc(-c2sc3c(c2CN(C)C)c(=O)n(C2=Cc4nc(S(C)(=O)=O)ccc4ON2)c(=O)n3Cc2c(F)cccc2F)cc1. The number of nitrogens with zero attached hydrogens (tertiary/aromatic N) is 4. The molecule has 3 N–H and O–H groups in total. The van der Waals surface area contributed by atoms with Crippen molar-refractivity contribution in [2.45, 2.75) is 18.1 Å². The van der Waals surface area contributed by atoms with E-state index in [4.69, 9.17) is 4.84 Å². The molecule has 5 aromatic rings. The summed E-state index contributed by atoms with van der Waals surface area (Å²) in [5.41, 5.74) is 4.20. The Bertz CT molecular complexity index is 2400. The molecule has 50 heavy (non-hydrogen) atoms. The number of carbonyl (C=O) groups excluding carboxylic acids is 1. The summed E-state index contributed by atoms with van der Waals surface area (Å²) in [6.07, 6.45) is 2.26. The molecule has 2 aromatic carbocycles. The summed E-state index contributed by atoms with van der Waals surface area (Å²) in [6.45, 7) is -0.355.